The first-order valence-electron chi connectivity index (χ1n) is 6.90. The lowest BCUT2D eigenvalue weighted by molar-refractivity contribution is 0.755. The van der Waals surface area contributed by atoms with Crippen LogP contribution in [0.15, 0.2) is 23.8 Å². The standard InChI is InChI=1S/C17H21N/c1-10(2)12-5-13-7-15-9-16(11(3)4)18-17(15)8-14(13)6-12/h6-11,18H,5H2,1-4H3. The lowest BCUT2D eigenvalue weighted by atomic mass is 10.0. The van der Waals surface area contributed by atoms with Crippen LogP contribution in [0.3, 0.4) is 0 Å². The highest BCUT2D eigenvalue weighted by Gasteiger charge is 2.16. The van der Waals surface area contributed by atoms with E-state index in [9.17, 15) is 0 Å². The maximum Gasteiger partial charge on any atom is 0.0462 e. The van der Waals surface area contributed by atoms with Gasteiger partial charge in [-0.3, -0.25) is 0 Å². The fourth-order valence-corrected chi connectivity index (χ4v) is 2.71. The van der Waals surface area contributed by atoms with Gasteiger partial charge in [-0.1, -0.05) is 39.3 Å². The van der Waals surface area contributed by atoms with Crippen molar-refractivity contribution >= 4 is 17.0 Å². The molecule has 1 aliphatic rings. The maximum atomic E-state index is 3.54. The van der Waals surface area contributed by atoms with Crippen LogP contribution in [0.25, 0.3) is 17.0 Å². The minimum absolute atomic E-state index is 0.564. The summed E-state index contributed by atoms with van der Waals surface area (Å²) in [5.41, 5.74) is 7.06. The van der Waals surface area contributed by atoms with Gasteiger partial charge in [-0.05, 0) is 53.0 Å². The molecule has 0 fully saturated rings. The van der Waals surface area contributed by atoms with Crippen molar-refractivity contribution in [3.63, 3.8) is 0 Å². The summed E-state index contributed by atoms with van der Waals surface area (Å²) in [5.74, 6) is 1.22. The molecule has 1 heterocycles. The van der Waals surface area contributed by atoms with E-state index in [1.165, 1.54) is 27.7 Å². The first-order chi connectivity index (χ1) is 8.54. The Morgan fingerprint density at radius 3 is 2.44 bits per heavy atom. The smallest absolute Gasteiger partial charge is 0.0462 e. The number of hydrogen-bond donors (Lipinski definition) is 1. The van der Waals surface area contributed by atoms with Crippen LogP contribution >= 0.6 is 0 Å². The Bertz CT molecular complexity index is 626. The molecule has 1 N–H and O–H groups in total. The molecule has 0 spiro atoms. The van der Waals surface area contributed by atoms with E-state index in [4.69, 9.17) is 0 Å². The van der Waals surface area contributed by atoms with Gasteiger partial charge >= 0.3 is 0 Å². The van der Waals surface area contributed by atoms with Crippen molar-refractivity contribution in [3.8, 4) is 0 Å². The molecule has 1 aromatic carbocycles. The molecule has 0 bridgehead atoms. The highest BCUT2D eigenvalue weighted by molar-refractivity contribution is 5.86. The fourth-order valence-electron chi connectivity index (χ4n) is 2.71. The molecule has 1 heteroatoms. The predicted molar refractivity (Wildman–Crippen MR) is 78.9 cm³/mol. The number of aromatic amines is 1. The first kappa shape index (κ1) is 11.6. The van der Waals surface area contributed by atoms with Gasteiger partial charge in [0.2, 0.25) is 0 Å². The molecule has 0 saturated heterocycles. The number of aromatic nitrogens is 1. The molecular weight excluding hydrogens is 218 g/mol. The minimum atomic E-state index is 0.564. The monoisotopic (exact) mass is 239 g/mol. The number of hydrogen-bond acceptors (Lipinski definition) is 0. The molecule has 1 nitrogen and oxygen atoms in total. The van der Waals surface area contributed by atoms with Crippen molar-refractivity contribution in [3.05, 3.63) is 40.6 Å². The lowest BCUT2D eigenvalue weighted by Gasteiger charge is -2.04. The molecule has 1 aliphatic carbocycles. The summed E-state index contributed by atoms with van der Waals surface area (Å²) >= 11 is 0. The molecule has 0 aliphatic heterocycles. The Morgan fingerprint density at radius 2 is 1.78 bits per heavy atom. The Labute approximate surface area is 109 Å². The quantitative estimate of drug-likeness (QED) is 0.768. The van der Waals surface area contributed by atoms with Gasteiger partial charge in [-0.15, -0.1) is 0 Å². The Kier molecular flexibility index (Phi) is 2.58. The van der Waals surface area contributed by atoms with Gasteiger partial charge in [0.25, 0.3) is 0 Å². The average molecular weight is 239 g/mol. The van der Waals surface area contributed by atoms with Crippen molar-refractivity contribution in [2.45, 2.75) is 40.0 Å². The second-order valence-electron chi connectivity index (χ2n) is 6.07. The van der Waals surface area contributed by atoms with Gasteiger partial charge in [0.05, 0.1) is 0 Å². The van der Waals surface area contributed by atoms with Gasteiger partial charge in [-0.25, -0.2) is 0 Å². The van der Waals surface area contributed by atoms with Crippen LogP contribution in [0.1, 0.15) is 50.4 Å². The molecule has 1 aromatic heterocycles. The first-order valence-corrected chi connectivity index (χ1v) is 6.90. The zero-order valence-corrected chi connectivity index (χ0v) is 11.7. The van der Waals surface area contributed by atoms with E-state index in [1.807, 2.05) is 0 Å². The van der Waals surface area contributed by atoms with Crippen molar-refractivity contribution < 1.29 is 0 Å². The van der Waals surface area contributed by atoms with Gasteiger partial charge < -0.3 is 4.98 Å². The van der Waals surface area contributed by atoms with Crippen molar-refractivity contribution in [2.24, 2.45) is 5.92 Å². The van der Waals surface area contributed by atoms with Crippen LogP contribution in [-0.2, 0) is 6.42 Å². The fraction of sp³-hybridized carbons (Fsp3) is 0.412. The topological polar surface area (TPSA) is 15.8 Å². The van der Waals surface area contributed by atoms with Gasteiger partial charge in [0.1, 0.15) is 0 Å². The Balaban J connectivity index is 2.09. The SMILES string of the molecule is CC(C)C1=Cc2cc3[nH]c(C(C)C)cc3cc2C1. The van der Waals surface area contributed by atoms with Crippen LogP contribution in [-0.4, -0.2) is 4.98 Å². The molecule has 2 aromatic rings. The average Bonchev–Trinajstić information content (AvgIpc) is 2.87. The van der Waals surface area contributed by atoms with E-state index in [0.29, 0.717) is 11.8 Å². The molecular formula is C17H21N. The minimum Gasteiger partial charge on any atom is -0.358 e. The summed E-state index contributed by atoms with van der Waals surface area (Å²) < 4.78 is 0. The summed E-state index contributed by atoms with van der Waals surface area (Å²) in [7, 11) is 0. The summed E-state index contributed by atoms with van der Waals surface area (Å²) in [6, 6.07) is 6.97. The van der Waals surface area contributed by atoms with E-state index < -0.39 is 0 Å². The number of allylic oxidation sites excluding steroid dienone is 1. The highest BCUT2D eigenvalue weighted by Crippen LogP contribution is 2.33. The van der Waals surface area contributed by atoms with E-state index in [2.05, 4.69) is 57.0 Å². The number of benzene rings is 1. The largest absolute Gasteiger partial charge is 0.358 e. The molecule has 18 heavy (non-hydrogen) atoms. The second kappa shape index (κ2) is 4.01. The third kappa shape index (κ3) is 1.78. The third-order valence-corrected chi connectivity index (χ3v) is 4.00. The van der Waals surface area contributed by atoms with E-state index in [0.717, 1.165) is 6.42 Å². The van der Waals surface area contributed by atoms with Gasteiger partial charge in [-0.2, -0.15) is 0 Å². The summed E-state index contributed by atoms with van der Waals surface area (Å²) in [5, 5.41) is 1.36. The van der Waals surface area contributed by atoms with Crippen molar-refractivity contribution in [1.82, 2.24) is 4.98 Å². The molecule has 0 radical (unpaired) electrons. The van der Waals surface area contributed by atoms with Crippen molar-refractivity contribution in [2.75, 3.05) is 0 Å². The molecule has 3 rings (SSSR count). The van der Waals surface area contributed by atoms with Crippen LogP contribution in [0, 0.1) is 5.92 Å². The highest BCUT2D eigenvalue weighted by atomic mass is 14.7. The lowest BCUT2D eigenvalue weighted by Crippen LogP contribution is -1.92. The Hall–Kier alpha value is -1.50. The summed E-state index contributed by atoms with van der Waals surface area (Å²) in [6.07, 6.45) is 3.50. The van der Waals surface area contributed by atoms with Crippen molar-refractivity contribution in [1.29, 1.82) is 0 Å². The van der Waals surface area contributed by atoms with E-state index in [1.54, 1.807) is 5.57 Å². The summed E-state index contributed by atoms with van der Waals surface area (Å²) in [6.45, 7) is 9.02. The van der Waals surface area contributed by atoms with Crippen LogP contribution in [0.4, 0.5) is 0 Å². The molecule has 0 amide bonds. The number of rotatable bonds is 2. The van der Waals surface area contributed by atoms with Gasteiger partial charge in [0, 0.05) is 11.2 Å². The van der Waals surface area contributed by atoms with Crippen LogP contribution in [0.5, 0.6) is 0 Å². The maximum absolute atomic E-state index is 3.54. The normalized spacial score (nSPS) is 14.7. The van der Waals surface area contributed by atoms with Crippen LogP contribution in [0.2, 0.25) is 0 Å². The van der Waals surface area contributed by atoms with Gasteiger partial charge in [0.15, 0.2) is 0 Å². The number of nitrogens with one attached hydrogen (secondary N) is 1. The van der Waals surface area contributed by atoms with E-state index in [-0.39, 0.29) is 0 Å². The molecule has 0 saturated carbocycles. The van der Waals surface area contributed by atoms with Crippen LogP contribution < -0.4 is 0 Å². The molecule has 0 unspecified atom stereocenters. The molecule has 94 valence electrons. The zero-order chi connectivity index (χ0) is 12.9. The molecule has 0 atom stereocenters. The Morgan fingerprint density at radius 1 is 1.00 bits per heavy atom. The zero-order valence-electron chi connectivity index (χ0n) is 11.7. The predicted octanol–water partition coefficient (Wildman–Crippen LogP) is 4.89. The number of H-pyrrole nitrogens is 1. The second-order valence-corrected chi connectivity index (χ2v) is 6.07. The number of fused-ring (bicyclic) bond motifs is 2. The third-order valence-electron chi connectivity index (χ3n) is 4.00. The summed E-state index contributed by atoms with van der Waals surface area (Å²) in [4.78, 5) is 3.54. The van der Waals surface area contributed by atoms with E-state index >= 15 is 0 Å².